The number of benzene rings is 3. The molecular weight excluding hydrogens is 431 g/mol. The van der Waals surface area contributed by atoms with Crippen LogP contribution in [0, 0.1) is 6.92 Å². The number of hydrogen-bond acceptors (Lipinski definition) is 3. The van der Waals surface area contributed by atoms with E-state index in [1.807, 2.05) is 13.0 Å². The van der Waals surface area contributed by atoms with Gasteiger partial charge in [0.1, 0.15) is 6.54 Å². The lowest BCUT2D eigenvalue weighted by atomic mass is 10.2. The fraction of sp³-hybridized carbons (Fsp3) is 0.0952. The molecule has 0 unspecified atom stereocenters. The van der Waals surface area contributed by atoms with Gasteiger partial charge >= 0.3 is 0 Å². The van der Waals surface area contributed by atoms with Crippen molar-refractivity contribution in [2.24, 2.45) is 0 Å². The van der Waals surface area contributed by atoms with Crippen LogP contribution in [0.4, 0.5) is 11.4 Å². The van der Waals surface area contributed by atoms with E-state index in [0.717, 1.165) is 9.87 Å². The quantitative estimate of drug-likeness (QED) is 0.567. The van der Waals surface area contributed by atoms with Crippen molar-refractivity contribution in [2.45, 2.75) is 11.8 Å². The van der Waals surface area contributed by atoms with Gasteiger partial charge in [-0.2, -0.15) is 0 Å². The number of nitrogens with zero attached hydrogens (tertiary/aromatic N) is 1. The first-order valence-corrected chi connectivity index (χ1v) is 10.9. The second-order valence-corrected chi connectivity index (χ2v) is 9.04. The maximum absolute atomic E-state index is 13.3. The summed E-state index contributed by atoms with van der Waals surface area (Å²) in [7, 11) is -4.00. The monoisotopic (exact) mass is 448 g/mol. The molecule has 0 bridgehead atoms. The predicted molar refractivity (Wildman–Crippen MR) is 117 cm³/mol. The number of halogens is 2. The number of para-hydroxylation sites is 1. The third-order valence-corrected chi connectivity index (χ3v) is 6.50. The Balaban J connectivity index is 1.96. The molecule has 3 aromatic rings. The normalized spacial score (nSPS) is 11.1. The van der Waals surface area contributed by atoms with E-state index >= 15 is 0 Å². The summed E-state index contributed by atoms with van der Waals surface area (Å²) in [6, 6.07) is 19.5. The molecule has 0 aliphatic carbocycles. The minimum Gasteiger partial charge on any atom is -0.323 e. The largest absolute Gasteiger partial charge is 0.323 e. The van der Waals surface area contributed by atoms with Crippen LogP contribution in [0.15, 0.2) is 77.7 Å². The van der Waals surface area contributed by atoms with E-state index in [1.54, 1.807) is 42.5 Å². The Morgan fingerprint density at radius 1 is 0.966 bits per heavy atom. The number of carbonyl (C=O) groups is 1. The summed E-state index contributed by atoms with van der Waals surface area (Å²) in [4.78, 5) is 12.7. The molecule has 150 valence electrons. The van der Waals surface area contributed by atoms with E-state index in [-0.39, 0.29) is 4.90 Å². The second-order valence-electron chi connectivity index (χ2n) is 6.33. The van der Waals surface area contributed by atoms with Gasteiger partial charge in [0.2, 0.25) is 5.91 Å². The molecule has 0 atom stereocenters. The summed E-state index contributed by atoms with van der Waals surface area (Å²) >= 11 is 12.0. The van der Waals surface area contributed by atoms with Gasteiger partial charge in [-0.3, -0.25) is 9.10 Å². The van der Waals surface area contributed by atoms with E-state index in [4.69, 9.17) is 23.2 Å². The minimum atomic E-state index is -4.00. The smallest absolute Gasteiger partial charge is 0.264 e. The molecule has 1 N–H and O–H groups in total. The number of amides is 1. The summed E-state index contributed by atoms with van der Waals surface area (Å²) in [6.45, 7) is 1.43. The third kappa shape index (κ3) is 5.09. The Morgan fingerprint density at radius 3 is 2.31 bits per heavy atom. The van der Waals surface area contributed by atoms with Crippen molar-refractivity contribution in [3.63, 3.8) is 0 Å². The van der Waals surface area contributed by atoms with Gasteiger partial charge in [0.25, 0.3) is 10.0 Å². The van der Waals surface area contributed by atoms with E-state index in [0.29, 0.717) is 21.4 Å². The first kappa shape index (κ1) is 21.2. The molecule has 0 saturated heterocycles. The van der Waals surface area contributed by atoms with Crippen LogP contribution in [0.5, 0.6) is 0 Å². The molecule has 5 nitrogen and oxygen atoms in total. The Labute approximate surface area is 179 Å². The number of hydrogen-bond donors (Lipinski definition) is 1. The molecule has 0 heterocycles. The average Bonchev–Trinajstić information content (AvgIpc) is 2.68. The van der Waals surface area contributed by atoms with Crippen molar-refractivity contribution in [3.8, 4) is 0 Å². The van der Waals surface area contributed by atoms with Gasteiger partial charge in [0.15, 0.2) is 0 Å². The molecule has 29 heavy (non-hydrogen) atoms. The molecule has 1 amide bonds. The van der Waals surface area contributed by atoms with E-state index in [9.17, 15) is 13.2 Å². The molecule has 0 aliphatic rings. The lowest BCUT2D eigenvalue weighted by molar-refractivity contribution is -0.114. The zero-order chi connectivity index (χ0) is 21.0. The van der Waals surface area contributed by atoms with Gasteiger partial charge in [-0.25, -0.2) is 8.42 Å². The summed E-state index contributed by atoms with van der Waals surface area (Å²) in [5.74, 6) is -0.517. The molecule has 0 fully saturated rings. The predicted octanol–water partition coefficient (Wildman–Crippen LogP) is 5.14. The number of nitrogens with one attached hydrogen (secondary N) is 1. The van der Waals surface area contributed by atoms with Crippen molar-refractivity contribution in [2.75, 3.05) is 16.2 Å². The highest BCUT2D eigenvalue weighted by molar-refractivity contribution is 7.92. The van der Waals surface area contributed by atoms with Crippen molar-refractivity contribution >= 4 is 50.5 Å². The Kier molecular flexibility index (Phi) is 6.47. The third-order valence-electron chi connectivity index (χ3n) is 4.13. The van der Waals surface area contributed by atoms with Crippen LogP contribution in [-0.4, -0.2) is 20.9 Å². The van der Waals surface area contributed by atoms with Gasteiger partial charge in [0.05, 0.1) is 21.3 Å². The van der Waals surface area contributed by atoms with Gasteiger partial charge in [-0.05, 0) is 61.0 Å². The summed E-state index contributed by atoms with van der Waals surface area (Å²) in [5.41, 5.74) is 1.66. The van der Waals surface area contributed by atoms with Crippen LogP contribution < -0.4 is 9.62 Å². The maximum Gasteiger partial charge on any atom is 0.264 e. The molecule has 3 aromatic carbocycles. The van der Waals surface area contributed by atoms with Crippen molar-refractivity contribution < 1.29 is 13.2 Å². The summed E-state index contributed by atoms with van der Waals surface area (Å²) < 4.78 is 27.6. The van der Waals surface area contributed by atoms with Crippen molar-refractivity contribution in [1.82, 2.24) is 0 Å². The topological polar surface area (TPSA) is 66.5 Å². The lowest BCUT2D eigenvalue weighted by Crippen LogP contribution is -2.38. The SMILES string of the molecule is Cc1cccc(N(CC(=O)Nc2ccccc2Cl)S(=O)(=O)c2ccc(Cl)cc2)c1. The van der Waals surface area contributed by atoms with Crippen molar-refractivity contribution in [3.05, 3.63) is 88.4 Å². The molecule has 8 heteroatoms. The minimum absolute atomic E-state index is 0.0361. The van der Waals surface area contributed by atoms with E-state index in [1.165, 1.54) is 24.3 Å². The van der Waals surface area contributed by atoms with Gasteiger partial charge in [-0.1, -0.05) is 47.5 Å². The lowest BCUT2D eigenvalue weighted by Gasteiger charge is -2.24. The maximum atomic E-state index is 13.3. The van der Waals surface area contributed by atoms with Crippen molar-refractivity contribution in [1.29, 1.82) is 0 Å². The highest BCUT2D eigenvalue weighted by atomic mass is 35.5. The molecule has 0 aliphatic heterocycles. The van der Waals surface area contributed by atoms with Gasteiger partial charge in [-0.15, -0.1) is 0 Å². The Bertz CT molecular complexity index is 1130. The molecule has 0 radical (unpaired) electrons. The van der Waals surface area contributed by atoms with Crippen LogP contribution >= 0.6 is 23.2 Å². The zero-order valence-corrected chi connectivity index (χ0v) is 17.8. The fourth-order valence-electron chi connectivity index (χ4n) is 2.71. The van der Waals surface area contributed by atoms with Crippen LogP contribution in [-0.2, 0) is 14.8 Å². The summed E-state index contributed by atoms with van der Waals surface area (Å²) in [6.07, 6.45) is 0. The number of anilines is 2. The fourth-order valence-corrected chi connectivity index (χ4v) is 4.44. The second kappa shape index (κ2) is 8.86. The number of rotatable bonds is 6. The first-order chi connectivity index (χ1) is 13.8. The van der Waals surface area contributed by atoms with Crippen LogP contribution in [0.3, 0.4) is 0 Å². The number of sulfonamides is 1. The van der Waals surface area contributed by atoms with Crippen LogP contribution in [0.25, 0.3) is 0 Å². The number of aryl methyl sites for hydroxylation is 1. The van der Waals surface area contributed by atoms with Gasteiger partial charge < -0.3 is 5.32 Å². The highest BCUT2D eigenvalue weighted by Crippen LogP contribution is 2.26. The highest BCUT2D eigenvalue weighted by Gasteiger charge is 2.27. The van der Waals surface area contributed by atoms with E-state index < -0.39 is 22.5 Å². The molecule has 0 spiro atoms. The van der Waals surface area contributed by atoms with Gasteiger partial charge in [0, 0.05) is 5.02 Å². The first-order valence-electron chi connectivity index (χ1n) is 8.67. The molecule has 0 saturated carbocycles. The van der Waals surface area contributed by atoms with E-state index in [2.05, 4.69) is 5.32 Å². The van der Waals surface area contributed by atoms with Crippen LogP contribution in [0.2, 0.25) is 10.0 Å². The molecular formula is C21H18Cl2N2O3S. The Morgan fingerprint density at radius 2 is 1.66 bits per heavy atom. The van der Waals surface area contributed by atoms with Crippen LogP contribution in [0.1, 0.15) is 5.56 Å². The molecule has 3 rings (SSSR count). The molecule has 0 aromatic heterocycles. The average molecular weight is 449 g/mol. The number of carbonyl (C=O) groups excluding carboxylic acids is 1. The zero-order valence-electron chi connectivity index (χ0n) is 15.5. The summed E-state index contributed by atoms with van der Waals surface area (Å²) in [5, 5.41) is 3.44. The standard InChI is InChI=1S/C21H18Cl2N2O3S/c1-15-5-4-6-17(13-15)25(29(27,28)18-11-9-16(22)10-12-18)14-21(26)24-20-8-3-2-7-19(20)23/h2-13H,14H2,1H3,(H,24,26). The Hall–Kier alpha value is -2.54.